The number of pyridine rings is 2. The molecule has 0 unspecified atom stereocenters. The quantitative estimate of drug-likeness (QED) is 0.452. The van der Waals surface area contributed by atoms with Gasteiger partial charge in [0.25, 0.3) is 0 Å². The first-order valence-electron chi connectivity index (χ1n) is 10.9. The van der Waals surface area contributed by atoms with Crippen LogP contribution in [0.2, 0.25) is 0 Å². The minimum absolute atomic E-state index is 0.834. The predicted octanol–water partition coefficient (Wildman–Crippen LogP) is 5.41. The van der Waals surface area contributed by atoms with Crippen molar-refractivity contribution in [1.29, 1.82) is 0 Å². The Bertz CT molecular complexity index is 1200. The second kappa shape index (κ2) is 8.58. The van der Waals surface area contributed by atoms with E-state index in [1.165, 1.54) is 38.8 Å². The van der Waals surface area contributed by atoms with Crippen LogP contribution in [0.15, 0.2) is 67.1 Å². The van der Waals surface area contributed by atoms with Crippen molar-refractivity contribution in [2.45, 2.75) is 20.4 Å². The molecule has 4 nitrogen and oxygen atoms in total. The van der Waals surface area contributed by atoms with E-state index >= 15 is 0 Å². The van der Waals surface area contributed by atoms with E-state index in [9.17, 15) is 0 Å². The van der Waals surface area contributed by atoms with E-state index < -0.39 is 0 Å². The fourth-order valence-corrected chi connectivity index (χ4v) is 4.68. The van der Waals surface area contributed by atoms with E-state index in [0.717, 1.165) is 43.9 Å². The topological polar surface area (TPSA) is 38.2 Å². The first-order valence-corrected chi connectivity index (χ1v) is 10.9. The molecule has 2 aromatic carbocycles. The number of aromatic nitrogens is 2. The fourth-order valence-electron chi connectivity index (χ4n) is 4.68. The van der Waals surface area contributed by atoms with Crippen LogP contribution in [0.25, 0.3) is 33.2 Å². The number of ether oxygens (including phenoxy) is 1. The summed E-state index contributed by atoms with van der Waals surface area (Å²) in [6, 6.07) is 17.4. The summed E-state index contributed by atoms with van der Waals surface area (Å²) in [5.41, 5.74) is 9.75. The highest BCUT2D eigenvalue weighted by Gasteiger charge is 2.15. The molecule has 1 aliphatic heterocycles. The lowest BCUT2D eigenvalue weighted by Crippen LogP contribution is -2.35. The number of hydrogen-bond donors (Lipinski definition) is 0. The van der Waals surface area contributed by atoms with Crippen LogP contribution in [-0.4, -0.2) is 41.2 Å². The van der Waals surface area contributed by atoms with Gasteiger partial charge in [0.05, 0.1) is 18.7 Å². The molecule has 0 amide bonds. The lowest BCUT2D eigenvalue weighted by Gasteiger charge is -2.26. The monoisotopic (exact) mass is 409 g/mol. The maximum atomic E-state index is 5.47. The van der Waals surface area contributed by atoms with Crippen molar-refractivity contribution in [3.8, 4) is 22.3 Å². The van der Waals surface area contributed by atoms with Gasteiger partial charge < -0.3 is 4.74 Å². The van der Waals surface area contributed by atoms with E-state index in [4.69, 9.17) is 4.74 Å². The molecule has 31 heavy (non-hydrogen) atoms. The standard InChI is InChI=1S/C27H27N3O/c1-19-16-25-27(24(9-11-29-25)23-4-3-10-28-17-23)20(2)26(19)22-7-5-21(6-8-22)18-30-12-14-31-15-13-30/h3-11,16-17H,12-15,18H2,1-2H3. The van der Waals surface area contributed by atoms with Crippen molar-refractivity contribution in [2.75, 3.05) is 26.3 Å². The Morgan fingerprint density at radius 1 is 0.935 bits per heavy atom. The van der Waals surface area contributed by atoms with E-state index in [1.807, 2.05) is 24.7 Å². The van der Waals surface area contributed by atoms with Crippen molar-refractivity contribution in [3.05, 3.63) is 83.8 Å². The molecule has 0 radical (unpaired) electrons. The molecule has 4 heteroatoms. The number of nitrogens with zero attached hydrogens (tertiary/aromatic N) is 3. The summed E-state index contributed by atoms with van der Waals surface area (Å²) in [5, 5.41) is 1.20. The smallest absolute Gasteiger partial charge is 0.0713 e. The Morgan fingerprint density at radius 3 is 2.48 bits per heavy atom. The lowest BCUT2D eigenvalue weighted by molar-refractivity contribution is 0.0342. The molecule has 0 aliphatic carbocycles. The van der Waals surface area contributed by atoms with Crippen molar-refractivity contribution >= 4 is 10.9 Å². The molecule has 1 saturated heterocycles. The van der Waals surface area contributed by atoms with Gasteiger partial charge in [0.2, 0.25) is 0 Å². The fraction of sp³-hybridized carbons (Fsp3) is 0.259. The molecule has 0 saturated carbocycles. The van der Waals surface area contributed by atoms with Crippen molar-refractivity contribution < 1.29 is 4.74 Å². The van der Waals surface area contributed by atoms with Gasteiger partial charge in [-0.2, -0.15) is 0 Å². The summed E-state index contributed by atoms with van der Waals surface area (Å²) < 4.78 is 5.47. The Labute approximate surface area is 183 Å². The minimum Gasteiger partial charge on any atom is -0.379 e. The number of benzene rings is 2. The zero-order valence-corrected chi connectivity index (χ0v) is 18.1. The Balaban J connectivity index is 1.55. The van der Waals surface area contributed by atoms with Gasteiger partial charge in [-0.15, -0.1) is 0 Å². The number of aryl methyl sites for hydroxylation is 2. The van der Waals surface area contributed by atoms with E-state index in [2.05, 4.69) is 71.2 Å². The first-order chi connectivity index (χ1) is 15.2. The predicted molar refractivity (Wildman–Crippen MR) is 126 cm³/mol. The molecule has 0 atom stereocenters. The van der Waals surface area contributed by atoms with E-state index in [1.54, 1.807) is 0 Å². The Hall–Kier alpha value is -3.08. The highest BCUT2D eigenvalue weighted by Crippen LogP contribution is 2.37. The number of rotatable bonds is 4. The van der Waals surface area contributed by atoms with Crippen molar-refractivity contribution in [3.63, 3.8) is 0 Å². The molecular weight excluding hydrogens is 382 g/mol. The zero-order valence-electron chi connectivity index (χ0n) is 18.1. The molecule has 5 rings (SSSR count). The average Bonchev–Trinajstić information content (AvgIpc) is 2.81. The van der Waals surface area contributed by atoms with Crippen LogP contribution in [0.5, 0.6) is 0 Å². The first kappa shape index (κ1) is 19.9. The Kier molecular flexibility index (Phi) is 5.49. The summed E-state index contributed by atoms with van der Waals surface area (Å²) in [5.74, 6) is 0. The van der Waals surface area contributed by atoms with Gasteiger partial charge >= 0.3 is 0 Å². The number of fused-ring (bicyclic) bond motifs is 1. The van der Waals surface area contributed by atoms with Crippen molar-refractivity contribution in [2.24, 2.45) is 0 Å². The summed E-state index contributed by atoms with van der Waals surface area (Å²) in [7, 11) is 0. The van der Waals surface area contributed by atoms with E-state index in [-0.39, 0.29) is 0 Å². The lowest BCUT2D eigenvalue weighted by atomic mass is 9.89. The maximum absolute atomic E-state index is 5.47. The van der Waals surface area contributed by atoms with Crippen LogP contribution in [0.1, 0.15) is 16.7 Å². The van der Waals surface area contributed by atoms with Gasteiger partial charge in [-0.1, -0.05) is 30.3 Å². The molecule has 0 bridgehead atoms. The summed E-state index contributed by atoms with van der Waals surface area (Å²) in [6.45, 7) is 9.06. The van der Waals surface area contributed by atoms with Gasteiger partial charge in [-0.3, -0.25) is 14.9 Å². The molecule has 3 heterocycles. The molecule has 4 aromatic rings. The van der Waals surface area contributed by atoms with Gasteiger partial charge in [-0.05, 0) is 65.4 Å². The second-order valence-corrected chi connectivity index (χ2v) is 8.27. The molecule has 0 N–H and O–H groups in total. The summed E-state index contributed by atoms with van der Waals surface area (Å²) in [6.07, 6.45) is 5.63. The van der Waals surface area contributed by atoms with Gasteiger partial charge in [0, 0.05) is 49.2 Å². The number of hydrogen-bond acceptors (Lipinski definition) is 4. The van der Waals surface area contributed by atoms with Crippen LogP contribution < -0.4 is 0 Å². The van der Waals surface area contributed by atoms with Crippen LogP contribution in [0, 0.1) is 13.8 Å². The van der Waals surface area contributed by atoms with Crippen LogP contribution >= 0.6 is 0 Å². The molecule has 156 valence electrons. The van der Waals surface area contributed by atoms with E-state index in [0.29, 0.717) is 0 Å². The third kappa shape index (κ3) is 3.97. The van der Waals surface area contributed by atoms with Gasteiger partial charge in [0.1, 0.15) is 0 Å². The number of morpholine rings is 1. The van der Waals surface area contributed by atoms with Crippen LogP contribution in [-0.2, 0) is 11.3 Å². The third-order valence-corrected chi connectivity index (χ3v) is 6.20. The molecule has 1 aliphatic rings. The highest BCUT2D eigenvalue weighted by atomic mass is 16.5. The molecule has 0 spiro atoms. The zero-order chi connectivity index (χ0) is 21.2. The van der Waals surface area contributed by atoms with Gasteiger partial charge in [-0.25, -0.2) is 0 Å². The summed E-state index contributed by atoms with van der Waals surface area (Å²) in [4.78, 5) is 11.4. The van der Waals surface area contributed by atoms with Crippen molar-refractivity contribution in [1.82, 2.24) is 14.9 Å². The van der Waals surface area contributed by atoms with Crippen LogP contribution in [0.3, 0.4) is 0 Å². The molecular formula is C27H27N3O. The third-order valence-electron chi connectivity index (χ3n) is 6.20. The largest absolute Gasteiger partial charge is 0.379 e. The Morgan fingerprint density at radius 2 is 1.74 bits per heavy atom. The highest BCUT2D eigenvalue weighted by molar-refractivity contribution is 6.00. The normalized spacial score (nSPS) is 14.8. The maximum Gasteiger partial charge on any atom is 0.0713 e. The average molecular weight is 410 g/mol. The molecule has 2 aromatic heterocycles. The summed E-state index contributed by atoms with van der Waals surface area (Å²) >= 11 is 0. The van der Waals surface area contributed by atoms with Crippen LogP contribution in [0.4, 0.5) is 0 Å². The van der Waals surface area contributed by atoms with Gasteiger partial charge in [0.15, 0.2) is 0 Å². The molecule has 1 fully saturated rings. The second-order valence-electron chi connectivity index (χ2n) is 8.27. The SMILES string of the molecule is Cc1cc2nccc(-c3cccnc3)c2c(C)c1-c1ccc(CN2CCOCC2)cc1. The minimum atomic E-state index is 0.834.